The van der Waals surface area contributed by atoms with Gasteiger partial charge in [0.1, 0.15) is 19.3 Å². The maximum absolute atomic E-state index is 12.5. The second kappa shape index (κ2) is 10.1. The minimum Gasteiger partial charge on any atom is -0.474 e. The number of piperazine rings is 1. The van der Waals surface area contributed by atoms with E-state index in [9.17, 15) is 4.79 Å². The third kappa shape index (κ3) is 5.63. The number of anilines is 1. The summed E-state index contributed by atoms with van der Waals surface area (Å²) in [6.45, 7) is 7.13. The summed E-state index contributed by atoms with van der Waals surface area (Å²) < 4.78 is 23.1. The van der Waals surface area contributed by atoms with Crippen LogP contribution in [-0.2, 0) is 20.8 Å². The number of aromatic nitrogens is 2. The van der Waals surface area contributed by atoms with Gasteiger partial charge in [-0.25, -0.2) is 9.78 Å². The molecule has 3 heterocycles. The number of benzene rings is 2. The van der Waals surface area contributed by atoms with Gasteiger partial charge in [-0.05, 0) is 31.5 Å². The van der Waals surface area contributed by atoms with Crippen molar-refractivity contribution in [3.63, 3.8) is 0 Å². The van der Waals surface area contributed by atoms with E-state index in [-0.39, 0.29) is 18.8 Å². The minimum atomic E-state index is -0.602. The van der Waals surface area contributed by atoms with Crippen LogP contribution in [0.5, 0.6) is 5.88 Å². The first-order valence-corrected chi connectivity index (χ1v) is 11.9. The molecule has 2 aromatic carbocycles. The van der Waals surface area contributed by atoms with Crippen LogP contribution in [0.3, 0.4) is 0 Å². The van der Waals surface area contributed by atoms with E-state index in [0.29, 0.717) is 51.2 Å². The Kier molecular flexibility index (Phi) is 6.70. The Bertz CT molecular complexity index is 1160. The third-order valence-corrected chi connectivity index (χ3v) is 6.06. The Morgan fingerprint density at radius 1 is 1.03 bits per heavy atom. The number of ether oxygens (including phenoxy) is 4. The van der Waals surface area contributed by atoms with Crippen LogP contribution in [0.2, 0.25) is 0 Å². The summed E-state index contributed by atoms with van der Waals surface area (Å²) in [6, 6.07) is 17.5. The lowest BCUT2D eigenvalue weighted by Gasteiger charge is -2.34. The summed E-state index contributed by atoms with van der Waals surface area (Å²) in [6.07, 6.45) is -0.466. The van der Waals surface area contributed by atoms with E-state index < -0.39 is 5.79 Å². The number of carbonyl (C=O) groups excluding carboxylic acids is 1. The molecule has 0 aliphatic carbocycles. The summed E-state index contributed by atoms with van der Waals surface area (Å²) in [4.78, 5) is 25.8. The molecule has 1 atom stereocenters. The van der Waals surface area contributed by atoms with Crippen LogP contribution in [0.1, 0.15) is 19.4 Å². The Morgan fingerprint density at radius 3 is 2.51 bits per heavy atom. The Balaban J connectivity index is 1.22. The quantitative estimate of drug-likeness (QED) is 0.531. The van der Waals surface area contributed by atoms with Crippen LogP contribution < -0.4 is 9.64 Å². The van der Waals surface area contributed by atoms with Crippen molar-refractivity contribution in [2.24, 2.45) is 0 Å². The highest BCUT2D eigenvalue weighted by atomic mass is 16.7. The molecule has 2 saturated heterocycles. The SMILES string of the molecule is CC1(C)OC[C@H](COc2nc(N3CCN(C(=O)OCc4ccccc4)CC3)nc3ccccc23)O1. The monoisotopic (exact) mass is 478 g/mol. The van der Waals surface area contributed by atoms with E-state index in [4.69, 9.17) is 28.9 Å². The molecule has 1 aromatic heterocycles. The molecule has 3 aromatic rings. The van der Waals surface area contributed by atoms with Crippen LogP contribution in [0.15, 0.2) is 54.6 Å². The fourth-order valence-corrected chi connectivity index (χ4v) is 4.20. The van der Waals surface area contributed by atoms with Crippen LogP contribution in [0.25, 0.3) is 10.9 Å². The fourth-order valence-electron chi connectivity index (χ4n) is 4.20. The highest BCUT2D eigenvalue weighted by Gasteiger charge is 2.33. The molecule has 0 saturated carbocycles. The first kappa shape index (κ1) is 23.3. The maximum atomic E-state index is 12.5. The van der Waals surface area contributed by atoms with Crippen LogP contribution in [-0.4, -0.2) is 72.2 Å². The summed E-state index contributed by atoms with van der Waals surface area (Å²) in [7, 11) is 0. The molecule has 0 N–H and O–H groups in total. The zero-order valence-corrected chi connectivity index (χ0v) is 20.1. The summed E-state index contributed by atoms with van der Waals surface area (Å²) >= 11 is 0. The van der Waals surface area contributed by atoms with Crippen molar-refractivity contribution in [2.75, 3.05) is 44.3 Å². The predicted molar refractivity (Wildman–Crippen MR) is 130 cm³/mol. The molecule has 1 amide bonds. The summed E-state index contributed by atoms with van der Waals surface area (Å²) in [5.41, 5.74) is 1.77. The van der Waals surface area contributed by atoms with Gasteiger partial charge in [0.15, 0.2) is 5.79 Å². The molecule has 0 unspecified atom stereocenters. The third-order valence-electron chi connectivity index (χ3n) is 6.06. The Morgan fingerprint density at radius 2 is 1.77 bits per heavy atom. The van der Waals surface area contributed by atoms with Gasteiger partial charge in [0.2, 0.25) is 11.8 Å². The first-order valence-electron chi connectivity index (χ1n) is 11.9. The van der Waals surface area contributed by atoms with Crippen molar-refractivity contribution >= 4 is 22.9 Å². The lowest BCUT2D eigenvalue weighted by atomic mass is 10.2. The second-order valence-electron chi connectivity index (χ2n) is 9.12. The lowest BCUT2D eigenvalue weighted by molar-refractivity contribution is -0.141. The van der Waals surface area contributed by atoms with E-state index in [2.05, 4.69) is 4.90 Å². The van der Waals surface area contributed by atoms with Gasteiger partial charge in [-0.1, -0.05) is 42.5 Å². The average Bonchev–Trinajstić information content (AvgIpc) is 3.24. The molecule has 0 bridgehead atoms. The molecule has 9 heteroatoms. The first-order chi connectivity index (χ1) is 17.0. The normalized spacial score (nSPS) is 19.7. The molecule has 2 fully saturated rings. The molecular formula is C26H30N4O5. The van der Waals surface area contributed by atoms with Crippen molar-refractivity contribution in [3.05, 3.63) is 60.2 Å². The van der Waals surface area contributed by atoms with Crippen molar-refractivity contribution in [1.29, 1.82) is 0 Å². The minimum absolute atomic E-state index is 0.160. The number of hydrogen-bond acceptors (Lipinski definition) is 8. The van der Waals surface area contributed by atoms with E-state index in [0.717, 1.165) is 16.5 Å². The Labute approximate surface area is 204 Å². The highest BCUT2D eigenvalue weighted by Crippen LogP contribution is 2.28. The topological polar surface area (TPSA) is 86.3 Å². The molecule has 0 spiro atoms. The Hall–Kier alpha value is -3.43. The van der Waals surface area contributed by atoms with Crippen LogP contribution >= 0.6 is 0 Å². The van der Waals surface area contributed by atoms with Gasteiger partial charge in [-0.2, -0.15) is 4.98 Å². The number of fused-ring (bicyclic) bond motifs is 1. The second-order valence-corrected chi connectivity index (χ2v) is 9.12. The molecule has 35 heavy (non-hydrogen) atoms. The maximum Gasteiger partial charge on any atom is 0.410 e. The van der Waals surface area contributed by atoms with Gasteiger partial charge < -0.3 is 28.7 Å². The van der Waals surface area contributed by atoms with E-state index in [1.54, 1.807) is 4.90 Å². The number of amides is 1. The van der Waals surface area contributed by atoms with Gasteiger partial charge >= 0.3 is 6.09 Å². The van der Waals surface area contributed by atoms with Crippen molar-refractivity contribution in [2.45, 2.75) is 32.3 Å². The molecule has 184 valence electrons. The standard InChI is InChI=1S/C26H30N4O5/c1-26(2)34-18-20(35-26)17-32-23-21-10-6-7-11-22(21)27-24(28-23)29-12-14-30(15-13-29)25(31)33-16-19-8-4-3-5-9-19/h3-11,20H,12-18H2,1-2H3/t20-/m0/s1. The predicted octanol–water partition coefficient (Wildman–Crippen LogP) is 3.62. The summed E-state index contributed by atoms with van der Waals surface area (Å²) in [5, 5.41) is 0.845. The van der Waals surface area contributed by atoms with Gasteiger partial charge in [-0.3, -0.25) is 0 Å². The zero-order chi connectivity index (χ0) is 24.3. The van der Waals surface area contributed by atoms with Crippen LogP contribution in [0, 0.1) is 0 Å². The van der Waals surface area contributed by atoms with Gasteiger partial charge in [0, 0.05) is 26.2 Å². The molecule has 2 aliphatic rings. The molecule has 9 nitrogen and oxygen atoms in total. The summed E-state index contributed by atoms with van der Waals surface area (Å²) in [5.74, 6) is 0.498. The van der Waals surface area contributed by atoms with E-state index in [1.165, 1.54) is 0 Å². The molecule has 5 rings (SSSR count). The molecule has 2 aliphatic heterocycles. The zero-order valence-electron chi connectivity index (χ0n) is 20.1. The lowest BCUT2D eigenvalue weighted by Crippen LogP contribution is -2.49. The average molecular weight is 479 g/mol. The molecule has 0 radical (unpaired) electrons. The van der Waals surface area contributed by atoms with Crippen molar-refractivity contribution < 1.29 is 23.7 Å². The van der Waals surface area contributed by atoms with Gasteiger partial charge in [0.25, 0.3) is 0 Å². The van der Waals surface area contributed by atoms with Crippen molar-refractivity contribution in [3.8, 4) is 5.88 Å². The van der Waals surface area contributed by atoms with Gasteiger partial charge in [0.05, 0.1) is 17.5 Å². The highest BCUT2D eigenvalue weighted by molar-refractivity contribution is 5.84. The van der Waals surface area contributed by atoms with Crippen molar-refractivity contribution in [1.82, 2.24) is 14.9 Å². The number of nitrogens with zero attached hydrogens (tertiary/aromatic N) is 4. The molecular weight excluding hydrogens is 448 g/mol. The van der Waals surface area contributed by atoms with E-state index in [1.807, 2.05) is 68.4 Å². The van der Waals surface area contributed by atoms with E-state index >= 15 is 0 Å². The number of hydrogen-bond donors (Lipinski definition) is 0. The van der Waals surface area contributed by atoms with Gasteiger partial charge in [-0.15, -0.1) is 0 Å². The number of carbonyl (C=O) groups is 1. The largest absolute Gasteiger partial charge is 0.474 e. The van der Waals surface area contributed by atoms with Crippen LogP contribution in [0.4, 0.5) is 10.7 Å². The fraction of sp³-hybridized carbons (Fsp3) is 0.423. The number of para-hydroxylation sites is 1. The smallest absolute Gasteiger partial charge is 0.410 e. The number of rotatable bonds is 6.